The summed E-state index contributed by atoms with van der Waals surface area (Å²) in [6, 6.07) is 190. The third-order valence-corrected chi connectivity index (χ3v) is 29.3. The second-order valence-corrected chi connectivity index (χ2v) is 36.7. The molecule has 0 heterocycles. The summed E-state index contributed by atoms with van der Waals surface area (Å²) in [7, 11) is 0. The average Bonchev–Trinajstić information content (AvgIpc) is 1.52. The molecule has 30 rings (SSSR count). The number of benzene rings is 25. The van der Waals surface area contributed by atoms with E-state index in [9.17, 15) is 0 Å². The van der Waals surface area contributed by atoms with Gasteiger partial charge in [0.25, 0.3) is 0 Å². The van der Waals surface area contributed by atoms with E-state index < -0.39 is 0 Å². The van der Waals surface area contributed by atoms with Gasteiger partial charge < -0.3 is 0 Å². The van der Waals surface area contributed by atoms with E-state index in [4.69, 9.17) is 0 Å². The van der Waals surface area contributed by atoms with Crippen LogP contribution in [0, 0.1) is 0 Å². The van der Waals surface area contributed by atoms with E-state index in [0.717, 1.165) is 0 Å². The van der Waals surface area contributed by atoms with Gasteiger partial charge in [0.2, 0.25) is 0 Å². The van der Waals surface area contributed by atoms with Crippen molar-refractivity contribution in [1.82, 2.24) is 0 Å². The summed E-state index contributed by atoms with van der Waals surface area (Å²) in [6.07, 6.45) is 0. The summed E-state index contributed by atoms with van der Waals surface area (Å²) in [4.78, 5) is 0. The fourth-order valence-electron chi connectivity index (χ4n) is 23.9. The Morgan fingerprint density at radius 3 is 0.478 bits per heavy atom. The molecule has 0 fully saturated rings. The molecule has 3 aliphatic rings. The molecule has 0 aliphatic heterocycles. The van der Waals surface area contributed by atoms with Crippen molar-refractivity contribution in [1.29, 1.82) is 0 Å². The Morgan fingerprint density at radius 2 is 0.239 bits per heavy atom. The first-order chi connectivity index (χ1) is 68.6. The average molecular weight is 1740 g/mol. The zero-order chi connectivity index (χ0) is 90.8. The van der Waals surface area contributed by atoms with Gasteiger partial charge in [-0.15, -0.1) is 0 Å². The van der Waals surface area contributed by atoms with Gasteiger partial charge in [-0.25, -0.2) is 0 Å². The maximum Gasteiger partial charge on any atom is -0.000719 e. The Morgan fingerprint density at radius 1 is 0.0725 bits per heavy atom. The van der Waals surface area contributed by atoms with Gasteiger partial charge in [0.1, 0.15) is 0 Å². The molecule has 27 aromatic carbocycles. The summed E-state index contributed by atoms with van der Waals surface area (Å²) in [5, 5.41) is 26.8. The number of rotatable bonds is 10. The maximum absolute atomic E-state index is 2.33. The van der Waals surface area contributed by atoms with E-state index in [1.54, 1.807) is 0 Å². The molecular weight excluding hydrogens is 1660 g/mol. The Bertz CT molecular complexity index is 8820. The van der Waals surface area contributed by atoms with E-state index >= 15 is 0 Å². The van der Waals surface area contributed by atoms with Gasteiger partial charge >= 0.3 is 0 Å². The van der Waals surface area contributed by atoms with Crippen LogP contribution < -0.4 is 0 Å². The van der Waals surface area contributed by atoms with Gasteiger partial charge in [0, 0.05) is 0 Å². The summed E-state index contributed by atoms with van der Waals surface area (Å²) in [6.45, 7) is 0. The highest BCUT2D eigenvalue weighted by Crippen LogP contribution is 2.64. The zero-order valence-corrected chi connectivity index (χ0v) is 75.7. The van der Waals surface area contributed by atoms with Gasteiger partial charge in [0.05, 0.1) is 0 Å². The molecule has 0 bridgehead atoms. The Labute approximate surface area is 801 Å². The zero-order valence-electron chi connectivity index (χ0n) is 75.7. The fraction of sp³-hybridized carbons (Fsp3) is 0. The van der Waals surface area contributed by atoms with Gasteiger partial charge in [-0.05, 0) is 286 Å². The van der Waals surface area contributed by atoms with Crippen LogP contribution in [0.15, 0.2) is 522 Å². The first-order valence-electron chi connectivity index (χ1n) is 48.0. The van der Waals surface area contributed by atoms with E-state index in [1.165, 1.54) is 286 Å². The lowest BCUT2D eigenvalue weighted by Crippen LogP contribution is -1.99. The van der Waals surface area contributed by atoms with Crippen LogP contribution in [-0.2, 0) is 0 Å². The third-order valence-electron chi connectivity index (χ3n) is 29.3. The topological polar surface area (TPSA) is 0 Å². The van der Waals surface area contributed by atoms with Crippen molar-refractivity contribution in [3.63, 3.8) is 0 Å². The highest BCUT2D eigenvalue weighted by Gasteiger charge is 2.37. The summed E-state index contributed by atoms with van der Waals surface area (Å²) < 4.78 is 0. The van der Waals surface area contributed by atoms with Gasteiger partial charge in [-0.3, -0.25) is 0 Å². The SMILES string of the molecule is c1ccc(-c2c(-c3ccccc3)c(-c3ccccc3)c3c(c2-c2ccccc2)-c2cccc4cccc-3c24)cc1.c1ccc(-c2c3c(c(-c4ccccc4)c4ccccc24)-c2cccc4cccc-3c24)cc1.c1ccc(-c2c3c4cccc5cccc(c3c(-c3ccccc3)c3c6cccc7cccc(c23)c76)c54)cc1.c1ccc(-c2ccc(-c3ccccc3)c3c2-c2cccc4cccc-3c24)cc1. The minimum absolute atomic E-state index is 1.23. The summed E-state index contributed by atoms with van der Waals surface area (Å²) in [5.41, 5.74) is 41.8. The van der Waals surface area contributed by atoms with Crippen LogP contribution in [0.1, 0.15) is 0 Å². The summed E-state index contributed by atoms with van der Waals surface area (Å²) >= 11 is 0. The van der Waals surface area contributed by atoms with Crippen molar-refractivity contribution in [3.8, 4) is 178 Å². The number of fused-ring (bicyclic) bond motifs is 16. The molecule has 27 aromatic rings. The minimum atomic E-state index is 1.23. The standard InChI is InChI=1S/C40H26.C38H22.C32H20.C28H18/c1-5-15-28(16-6-1)35-36(29-17-7-2-8-18-29)38(31-21-11-4-12-22-31)40-33-26-14-24-27-23-13-25-32(34(27)33)39(40)37(35)30-19-9-3-10-20-30;1-3-11-25(12-4-1)33-35-27-19-7-15-23-17-9-21-29(31(23)27)37(35)34(26-13-5-2-6-14-26)38-30-22-10-18-24-16-8-20-28(32(24)30)36(33)38;1-3-11-22(12-4-1)29-24-17-7-8-18-25(24)30(23-13-5-2-6-14-23)32-27-20-10-16-21-15-9-19-26(28(21)27)31(29)32;1-3-9-19(10-4-1)22-17-18-23(20-11-5-2-6-12-20)28-25-16-8-14-21-13-7-15-24(26(21)25)27(22)28/h1-26H;1-22H;1-20H;1-18H. The Kier molecular flexibility index (Phi) is 19.1. The lowest BCUT2D eigenvalue weighted by Gasteiger charge is -2.26. The van der Waals surface area contributed by atoms with Gasteiger partial charge in [0.15, 0.2) is 0 Å². The molecule has 0 spiro atoms. The van der Waals surface area contributed by atoms with Crippen LogP contribution in [0.5, 0.6) is 0 Å². The largest absolute Gasteiger partial charge is 0.0622 e. The Hall–Kier alpha value is -17.9. The van der Waals surface area contributed by atoms with Crippen LogP contribution in [0.4, 0.5) is 0 Å². The molecule has 0 amide bonds. The van der Waals surface area contributed by atoms with Crippen molar-refractivity contribution in [2.24, 2.45) is 0 Å². The van der Waals surface area contributed by atoms with Crippen molar-refractivity contribution in [2.45, 2.75) is 0 Å². The van der Waals surface area contributed by atoms with E-state index in [1.807, 2.05) is 0 Å². The quantitative estimate of drug-likeness (QED) is 0.128. The molecule has 638 valence electrons. The first-order valence-corrected chi connectivity index (χ1v) is 48.0. The molecule has 0 saturated carbocycles. The minimum Gasteiger partial charge on any atom is -0.0622 e. The fourth-order valence-corrected chi connectivity index (χ4v) is 23.9. The van der Waals surface area contributed by atoms with Crippen LogP contribution in [0.25, 0.3) is 286 Å². The molecular formula is C138H86. The van der Waals surface area contributed by atoms with E-state index in [-0.39, 0.29) is 0 Å². The van der Waals surface area contributed by atoms with Crippen LogP contribution in [-0.4, -0.2) is 0 Å². The molecule has 0 saturated heterocycles. The molecule has 138 heavy (non-hydrogen) atoms. The van der Waals surface area contributed by atoms with E-state index in [0.29, 0.717) is 0 Å². The molecule has 0 N–H and O–H groups in total. The van der Waals surface area contributed by atoms with Crippen molar-refractivity contribution in [3.05, 3.63) is 522 Å². The smallest absolute Gasteiger partial charge is 0.000719 e. The molecule has 0 radical (unpaired) electrons. The van der Waals surface area contributed by atoms with Crippen LogP contribution >= 0.6 is 0 Å². The summed E-state index contributed by atoms with van der Waals surface area (Å²) in [5.74, 6) is 0. The molecule has 0 heteroatoms. The first kappa shape index (κ1) is 79.8. The third kappa shape index (κ3) is 12.6. The van der Waals surface area contributed by atoms with Crippen molar-refractivity contribution >= 4 is 108 Å². The lowest BCUT2D eigenvalue weighted by molar-refractivity contribution is 1.54. The van der Waals surface area contributed by atoms with Gasteiger partial charge in [-0.2, -0.15) is 0 Å². The molecule has 0 aromatic heterocycles. The maximum atomic E-state index is 2.33. The predicted octanol–water partition coefficient (Wildman–Crippen LogP) is 38.8. The highest BCUT2D eigenvalue weighted by atomic mass is 14.4. The molecule has 0 nitrogen and oxygen atoms in total. The molecule has 3 aliphatic carbocycles. The van der Waals surface area contributed by atoms with Gasteiger partial charge in [-0.1, -0.05) is 522 Å². The van der Waals surface area contributed by atoms with E-state index in [2.05, 4.69) is 522 Å². The lowest BCUT2D eigenvalue weighted by atomic mass is 9.76. The van der Waals surface area contributed by atoms with Crippen molar-refractivity contribution < 1.29 is 0 Å². The number of hydrogen-bond acceptors (Lipinski definition) is 0. The second-order valence-electron chi connectivity index (χ2n) is 36.7. The highest BCUT2D eigenvalue weighted by molar-refractivity contribution is 6.47. The molecule has 0 atom stereocenters. The van der Waals surface area contributed by atoms with Crippen molar-refractivity contribution in [2.75, 3.05) is 0 Å². The monoisotopic (exact) mass is 1740 g/mol. The normalized spacial score (nSPS) is 11.8. The van der Waals surface area contributed by atoms with Crippen LogP contribution in [0.3, 0.4) is 0 Å². The Balaban J connectivity index is 0.0000000936. The predicted molar refractivity (Wildman–Crippen MR) is 591 cm³/mol. The van der Waals surface area contributed by atoms with Crippen LogP contribution in [0.2, 0.25) is 0 Å². The molecule has 0 unspecified atom stereocenters. The number of hydrogen-bond donors (Lipinski definition) is 0. The second kappa shape index (κ2) is 33.1.